The second-order valence-electron chi connectivity index (χ2n) is 5.30. The van der Waals surface area contributed by atoms with E-state index in [0.717, 1.165) is 22.9 Å². The molecule has 9 nitrogen and oxygen atoms in total. The molecule has 1 heterocycles. The van der Waals surface area contributed by atoms with Crippen molar-refractivity contribution in [3.8, 4) is 0 Å². The van der Waals surface area contributed by atoms with E-state index in [1.54, 1.807) is 6.08 Å². The quantitative estimate of drug-likeness (QED) is 0.218. The SMILES string of the molecule is C=CCSC1=NC(Cl)N(c2c([N+](=O)[O-])cc(C(F)(F)F)c(Cl)c2[N+](=O)[O-])C=C1N. The van der Waals surface area contributed by atoms with Gasteiger partial charge in [-0.15, -0.1) is 18.3 Å². The number of nitro benzene ring substituents is 2. The Labute approximate surface area is 174 Å². The number of thioether (sulfide) groups is 1. The lowest BCUT2D eigenvalue weighted by Gasteiger charge is -2.28. The Bertz CT molecular complexity index is 954. The minimum Gasteiger partial charge on any atom is -0.395 e. The van der Waals surface area contributed by atoms with Crippen LogP contribution < -0.4 is 10.6 Å². The highest BCUT2D eigenvalue weighted by molar-refractivity contribution is 8.14. The average Bonchev–Trinajstić information content (AvgIpc) is 2.59. The van der Waals surface area contributed by atoms with Crippen molar-refractivity contribution in [3.63, 3.8) is 0 Å². The van der Waals surface area contributed by atoms with Gasteiger partial charge in [0.2, 0.25) is 11.3 Å². The number of rotatable bonds is 5. The Morgan fingerprint density at radius 1 is 1.38 bits per heavy atom. The van der Waals surface area contributed by atoms with Gasteiger partial charge >= 0.3 is 17.6 Å². The van der Waals surface area contributed by atoms with Crippen LogP contribution in [0, 0.1) is 20.2 Å². The summed E-state index contributed by atoms with van der Waals surface area (Å²) in [6.45, 7) is 3.52. The van der Waals surface area contributed by atoms with E-state index >= 15 is 0 Å². The van der Waals surface area contributed by atoms with Crippen LogP contribution in [0.4, 0.5) is 30.2 Å². The first kappa shape index (κ1) is 22.8. The molecule has 29 heavy (non-hydrogen) atoms. The van der Waals surface area contributed by atoms with Crippen LogP contribution in [0.25, 0.3) is 0 Å². The number of halogens is 5. The van der Waals surface area contributed by atoms with Gasteiger partial charge < -0.3 is 5.73 Å². The number of benzene rings is 1. The molecule has 0 bridgehead atoms. The second-order valence-corrected chi connectivity index (χ2v) is 7.08. The molecule has 1 aromatic carbocycles. The molecule has 0 spiro atoms. The molecule has 0 aliphatic carbocycles. The van der Waals surface area contributed by atoms with E-state index in [0.29, 0.717) is 5.75 Å². The lowest BCUT2D eigenvalue weighted by molar-refractivity contribution is -0.392. The maximum atomic E-state index is 13.2. The van der Waals surface area contributed by atoms with Gasteiger partial charge in [0.25, 0.3) is 0 Å². The van der Waals surface area contributed by atoms with Crippen molar-refractivity contribution in [3.05, 3.63) is 61.4 Å². The molecule has 156 valence electrons. The van der Waals surface area contributed by atoms with Crippen molar-refractivity contribution >= 4 is 57.1 Å². The number of anilines is 1. The smallest absolute Gasteiger partial charge is 0.395 e. The van der Waals surface area contributed by atoms with E-state index in [-0.39, 0.29) is 16.8 Å². The minimum absolute atomic E-state index is 0.0617. The normalized spacial score (nSPS) is 16.9. The van der Waals surface area contributed by atoms with Gasteiger partial charge in [0.15, 0.2) is 0 Å². The fourth-order valence-electron chi connectivity index (χ4n) is 2.32. The van der Waals surface area contributed by atoms with Crippen molar-refractivity contribution in [1.82, 2.24) is 0 Å². The molecule has 1 aromatic rings. The maximum absolute atomic E-state index is 13.2. The first-order chi connectivity index (χ1) is 13.4. The molecule has 0 amide bonds. The number of aliphatic imine (C=N–C) groups is 1. The summed E-state index contributed by atoms with van der Waals surface area (Å²) in [7, 11) is 0. The first-order valence-electron chi connectivity index (χ1n) is 7.34. The summed E-state index contributed by atoms with van der Waals surface area (Å²) in [5, 5.41) is 21.8. The number of nitrogens with two attached hydrogens (primary N) is 1. The highest BCUT2D eigenvalue weighted by Gasteiger charge is 2.44. The lowest BCUT2D eigenvalue weighted by Crippen LogP contribution is -2.33. The molecule has 2 rings (SSSR count). The summed E-state index contributed by atoms with van der Waals surface area (Å²) in [4.78, 5) is 25.1. The Morgan fingerprint density at radius 3 is 2.48 bits per heavy atom. The standard InChI is InChI=1S/C14H10Cl2F3N5O4S/c1-2-3-29-12-7(20)5-22(13(16)21-12)10-8(23(25)26)4-6(14(17,18)19)9(15)11(10)24(27)28/h2,4-5,13H,1,3,20H2. The van der Waals surface area contributed by atoms with Crippen molar-refractivity contribution in [1.29, 1.82) is 0 Å². The summed E-state index contributed by atoms with van der Waals surface area (Å²) < 4.78 is 39.6. The third-order valence-corrected chi connectivity index (χ3v) is 5.16. The van der Waals surface area contributed by atoms with Crippen LogP contribution in [0.5, 0.6) is 0 Å². The highest BCUT2D eigenvalue weighted by Crippen LogP contribution is 2.50. The fourth-order valence-corrected chi connectivity index (χ4v) is 3.62. The third kappa shape index (κ3) is 4.57. The van der Waals surface area contributed by atoms with Crippen molar-refractivity contribution in [2.75, 3.05) is 10.7 Å². The molecular weight excluding hydrogens is 462 g/mol. The van der Waals surface area contributed by atoms with Crippen LogP contribution in [0.2, 0.25) is 5.02 Å². The molecule has 0 saturated carbocycles. The van der Waals surface area contributed by atoms with E-state index in [1.807, 2.05) is 0 Å². The van der Waals surface area contributed by atoms with Crippen LogP contribution >= 0.6 is 35.0 Å². The van der Waals surface area contributed by atoms with E-state index in [9.17, 15) is 33.4 Å². The van der Waals surface area contributed by atoms with Crippen LogP contribution in [-0.4, -0.2) is 26.3 Å². The van der Waals surface area contributed by atoms with Crippen LogP contribution in [0.15, 0.2) is 35.6 Å². The van der Waals surface area contributed by atoms with Crippen LogP contribution in [-0.2, 0) is 6.18 Å². The molecule has 2 N–H and O–H groups in total. The second kappa shape index (κ2) is 8.47. The molecule has 1 aliphatic heterocycles. The number of nitrogens with zero attached hydrogens (tertiary/aromatic N) is 4. The minimum atomic E-state index is -5.17. The largest absolute Gasteiger partial charge is 0.418 e. The van der Waals surface area contributed by atoms with E-state index in [4.69, 9.17) is 28.9 Å². The van der Waals surface area contributed by atoms with E-state index in [1.165, 1.54) is 0 Å². The summed E-state index contributed by atoms with van der Waals surface area (Å²) >= 11 is 12.8. The van der Waals surface area contributed by atoms with Gasteiger partial charge in [-0.05, 0) is 0 Å². The molecule has 0 aromatic heterocycles. The first-order valence-corrected chi connectivity index (χ1v) is 9.14. The summed E-state index contributed by atoms with van der Waals surface area (Å²) in [5.74, 6) is 0.392. The van der Waals surface area contributed by atoms with Crippen molar-refractivity contribution in [2.24, 2.45) is 10.7 Å². The molecular formula is C14H10Cl2F3N5O4S. The highest BCUT2D eigenvalue weighted by atomic mass is 35.5. The zero-order valence-electron chi connectivity index (χ0n) is 14.0. The topological polar surface area (TPSA) is 128 Å². The zero-order valence-corrected chi connectivity index (χ0v) is 16.3. The van der Waals surface area contributed by atoms with Gasteiger partial charge in [-0.1, -0.05) is 29.3 Å². The monoisotopic (exact) mass is 471 g/mol. The van der Waals surface area contributed by atoms with Gasteiger partial charge in [0.1, 0.15) is 10.1 Å². The number of nitro groups is 2. The predicted octanol–water partition coefficient (Wildman–Crippen LogP) is 4.64. The number of hydrogen-bond donors (Lipinski definition) is 1. The van der Waals surface area contributed by atoms with E-state index < -0.39 is 49.3 Å². The van der Waals surface area contributed by atoms with Gasteiger partial charge in [-0.25, -0.2) is 4.99 Å². The van der Waals surface area contributed by atoms with Gasteiger partial charge in [0.05, 0.1) is 21.1 Å². The molecule has 1 unspecified atom stereocenters. The molecule has 1 aliphatic rings. The Kier molecular flexibility index (Phi) is 6.65. The molecule has 0 saturated heterocycles. The van der Waals surface area contributed by atoms with Gasteiger partial charge in [-0.3, -0.25) is 25.1 Å². The van der Waals surface area contributed by atoms with Gasteiger partial charge in [0, 0.05) is 18.0 Å². The van der Waals surface area contributed by atoms with Crippen LogP contribution in [0.1, 0.15) is 5.56 Å². The molecule has 0 fully saturated rings. The van der Waals surface area contributed by atoms with Crippen molar-refractivity contribution in [2.45, 2.75) is 11.8 Å². The van der Waals surface area contributed by atoms with Crippen LogP contribution in [0.3, 0.4) is 0 Å². The summed E-state index contributed by atoms with van der Waals surface area (Å²) in [5.41, 5.74) is -0.902. The lowest BCUT2D eigenvalue weighted by atomic mass is 10.1. The fraction of sp³-hybridized carbons (Fsp3) is 0.214. The van der Waals surface area contributed by atoms with Crippen molar-refractivity contribution < 1.29 is 23.0 Å². The summed E-state index contributed by atoms with van der Waals surface area (Å²) in [6, 6.07) is 0.101. The Hall–Kier alpha value is -2.51. The summed E-state index contributed by atoms with van der Waals surface area (Å²) in [6.07, 6.45) is -2.62. The van der Waals surface area contributed by atoms with Gasteiger partial charge in [-0.2, -0.15) is 13.2 Å². The Balaban J connectivity index is 2.77. The number of hydrogen-bond acceptors (Lipinski definition) is 8. The zero-order chi connectivity index (χ0) is 22.1. The maximum Gasteiger partial charge on any atom is 0.418 e. The average molecular weight is 472 g/mol. The Morgan fingerprint density at radius 2 is 2.00 bits per heavy atom. The molecule has 0 radical (unpaired) electrons. The third-order valence-electron chi connectivity index (χ3n) is 3.45. The molecule has 15 heteroatoms. The number of alkyl halides is 4. The van der Waals surface area contributed by atoms with E-state index in [2.05, 4.69) is 11.6 Å². The molecule has 1 atom stereocenters. The predicted molar refractivity (Wildman–Crippen MR) is 104 cm³/mol.